The van der Waals surface area contributed by atoms with Gasteiger partial charge in [-0.15, -0.1) is 0 Å². The highest BCUT2D eigenvalue weighted by molar-refractivity contribution is 5.79. The number of ether oxygens (including phenoxy) is 1. The Morgan fingerprint density at radius 2 is 2.07 bits per heavy atom. The first-order valence-electron chi connectivity index (χ1n) is 10.9. The van der Waals surface area contributed by atoms with E-state index in [0.29, 0.717) is 18.5 Å². The summed E-state index contributed by atoms with van der Waals surface area (Å²) in [5.41, 5.74) is 1.10. The van der Waals surface area contributed by atoms with E-state index >= 15 is 0 Å². The summed E-state index contributed by atoms with van der Waals surface area (Å²) in [4.78, 5) is 11.7. The molecule has 1 atom stereocenters. The van der Waals surface area contributed by atoms with Gasteiger partial charge in [-0.1, -0.05) is 13.8 Å². The van der Waals surface area contributed by atoms with Gasteiger partial charge in [0, 0.05) is 50.8 Å². The van der Waals surface area contributed by atoms with Crippen molar-refractivity contribution < 1.29 is 4.74 Å². The molecule has 0 aliphatic carbocycles. The summed E-state index contributed by atoms with van der Waals surface area (Å²) in [5.74, 6) is 2.30. The van der Waals surface area contributed by atoms with Crippen molar-refractivity contribution in [3.63, 3.8) is 0 Å². The molecule has 1 fully saturated rings. The Kier molecular flexibility index (Phi) is 8.65. The van der Waals surface area contributed by atoms with Crippen molar-refractivity contribution in [1.82, 2.24) is 30.3 Å². The van der Waals surface area contributed by atoms with Gasteiger partial charge in [-0.05, 0) is 43.0 Å². The number of aromatic nitrogens is 3. The first kappa shape index (κ1) is 22.2. The third-order valence-corrected chi connectivity index (χ3v) is 5.12. The molecule has 2 aromatic heterocycles. The topological polar surface area (TPSA) is 79.6 Å². The van der Waals surface area contributed by atoms with Crippen molar-refractivity contribution in [2.24, 2.45) is 10.9 Å². The Balaban J connectivity index is 1.62. The lowest BCUT2D eigenvalue weighted by Gasteiger charge is -2.35. The minimum atomic E-state index is 0.477. The van der Waals surface area contributed by atoms with Gasteiger partial charge in [-0.3, -0.25) is 4.90 Å². The van der Waals surface area contributed by atoms with E-state index in [1.807, 2.05) is 24.4 Å². The van der Waals surface area contributed by atoms with Gasteiger partial charge >= 0.3 is 0 Å². The molecule has 0 amide bonds. The molecule has 2 aromatic rings. The molecular formula is C22H35N7O. The molecule has 3 rings (SSSR count). The number of rotatable bonds is 9. The van der Waals surface area contributed by atoms with Crippen LogP contribution in [0, 0.1) is 5.92 Å². The molecule has 1 aliphatic rings. The Bertz CT molecular complexity index is 770. The number of nitrogens with zero attached hydrogens (tertiary/aromatic N) is 5. The second-order valence-electron chi connectivity index (χ2n) is 7.98. The first-order chi connectivity index (χ1) is 14.7. The maximum atomic E-state index is 5.53. The van der Waals surface area contributed by atoms with Gasteiger partial charge < -0.3 is 15.4 Å². The molecule has 0 bridgehead atoms. The van der Waals surface area contributed by atoms with E-state index in [2.05, 4.69) is 46.4 Å². The molecule has 2 N–H and O–H groups in total. The third kappa shape index (κ3) is 6.81. The summed E-state index contributed by atoms with van der Waals surface area (Å²) >= 11 is 0. The van der Waals surface area contributed by atoms with Gasteiger partial charge in [-0.2, -0.15) is 5.10 Å². The molecule has 0 spiro atoms. The molecule has 0 radical (unpaired) electrons. The molecule has 0 aromatic carbocycles. The van der Waals surface area contributed by atoms with Crippen LogP contribution in [0.2, 0.25) is 0 Å². The van der Waals surface area contributed by atoms with E-state index in [1.165, 1.54) is 0 Å². The second-order valence-corrected chi connectivity index (χ2v) is 7.98. The van der Waals surface area contributed by atoms with Crippen LogP contribution < -0.4 is 10.6 Å². The number of morpholine rings is 1. The lowest BCUT2D eigenvalue weighted by molar-refractivity contribution is 0.0132. The van der Waals surface area contributed by atoms with Crippen LogP contribution in [0.25, 0.3) is 5.82 Å². The van der Waals surface area contributed by atoms with Gasteiger partial charge in [0.1, 0.15) is 0 Å². The standard InChI is InChI=1S/C22H35N7O/c1-4-23-22(26-17-20(14-18(2)3)28-10-12-30-13-11-28)25-16-19-6-8-24-21(15-19)29-9-5-7-27-29/h5-9,15,18,20H,4,10-14,16-17H2,1-3H3,(H2,23,25,26). The van der Waals surface area contributed by atoms with Gasteiger partial charge in [0.2, 0.25) is 0 Å². The second kappa shape index (κ2) is 11.7. The van der Waals surface area contributed by atoms with Crippen molar-refractivity contribution in [1.29, 1.82) is 0 Å². The lowest BCUT2D eigenvalue weighted by Crippen LogP contribution is -2.51. The minimum absolute atomic E-state index is 0.477. The molecule has 8 heteroatoms. The summed E-state index contributed by atoms with van der Waals surface area (Å²) in [5, 5.41) is 11.2. The predicted octanol–water partition coefficient (Wildman–Crippen LogP) is 2.07. The quantitative estimate of drug-likeness (QED) is 0.484. The average molecular weight is 414 g/mol. The molecule has 164 valence electrons. The number of aliphatic imine (C=N–C) groups is 1. The van der Waals surface area contributed by atoms with E-state index in [-0.39, 0.29) is 0 Å². The highest BCUT2D eigenvalue weighted by Crippen LogP contribution is 2.13. The van der Waals surface area contributed by atoms with Crippen molar-refractivity contribution in [3.05, 3.63) is 42.4 Å². The van der Waals surface area contributed by atoms with E-state index in [9.17, 15) is 0 Å². The molecular weight excluding hydrogens is 378 g/mol. The third-order valence-electron chi connectivity index (χ3n) is 5.12. The zero-order valence-electron chi connectivity index (χ0n) is 18.4. The van der Waals surface area contributed by atoms with Crippen LogP contribution in [0.4, 0.5) is 0 Å². The summed E-state index contributed by atoms with van der Waals surface area (Å²) in [6, 6.07) is 6.39. The van der Waals surface area contributed by atoms with Crippen molar-refractivity contribution in [2.45, 2.75) is 39.8 Å². The van der Waals surface area contributed by atoms with Crippen LogP contribution in [0.1, 0.15) is 32.8 Å². The minimum Gasteiger partial charge on any atom is -0.379 e. The van der Waals surface area contributed by atoms with Crippen LogP contribution in [0.5, 0.6) is 0 Å². The maximum Gasteiger partial charge on any atom is 0.191 e. The van der Waals surface area contributed by atoms with Crippen LogP contribution in [-0.2, 0) is 11.3 Å². The van der Waals surface area contributed by atoms with E-state index in [1.54, 1.807) is 17.1 Å². The lowest BCUT2D eigenvalue weighted by atomic mass is 10.0. The molecule has 30 heavy (non-hydrogen) atoms. The van der Waals surface area contributed by atoms with E-state index in [4.69, 9.17) is 9.73 Å². The predicted molar refractivity (Wildman–Crippen MR) is 120 cm³/mol. The Hall–Kier alpha value is -2.45. The zero-order chi connectivity index (χ0) is 21.2. The molecule has 1 saturated heterocycles. The summed E-state index contributed by atoms with van der Waals surface area (Å²) in [7, 11) is 0. The molecule has 8 nitrogen and oxygen atoms in total. The molecule has 3 heterocycles. The molecule has 0 saturated carbocycles. The number of guanidine groups is 1. The van der Waals surface area contributed by atoms with Crippen molar-refractivity contribution in [3.8, 4) is 5.82 Å². The SMILES string of the molecule is CCNC(=NCc1ccnc(-n2cccn2)c1)NCC(CC(C)C)N1CCOCC1. The Morgan fingerprint density at radius 1 is 1.23 bits per heavy atom. The van der Waals surface area contributed by atoms with Gasteiger partial charge in [0.05, 0.1) is 19.8 Å². The van der Waals surface area contributed by atoms with Crippen molar-refractivity contribution in [2.75, 3.05) is 39.4 Å². The summed E-state index contributed by atoms with van der Waals surface area (Å²) in [6.07, 6.45) is 6.60. The Labute approximate surface area is 179 Å². The highest BCUT2D eigenvalue weighted by atomic mass is 16.5. The number of nitrogens with one attached hydrogen (secondary N) is 2. The molecule has 1 aliphatic heterocycles. The summed E-state index contributed by atoms with van der Waals surface area (Å²) in [6.45, 7) is 12.6. The van der Waals surface area contributed by atoms with Gasteiger partial charge in [0.15, 0.2) is 11.8 Å². The fourth-order valence-electron chi connectivity index (χ4n) is 3.66. The van der Waals surface area contributed by atoms with Crippen molar-refractivity contribution >= 4 is 5.96 Å². The zero-order valence-corrected chi connectivity index (χ0v) is 18.4. The smallest absolute Gasteiger partial charge is 0.191 e. The van der Waals surface area contributed by atoms with Crippen LogP contribution in [0.3, 0.4) is 0 Å². The maximum absolute atomic E-state index is 5.53. The molecule has 1 unspecified atom stereocenters. The van der Waals surface area contributed by atoms with Crippen LogP contribution in [-0.4, -0.2) is 71.1 Å². The highest BCUT2D eigenvalue weighted by Gasteiger charge is 2.22. The number of pyridine rings is 1. The van der Waals surface area contributed by atoms with E-state index < -0.39 is 0 Å². The van der Waals surface area contributed by atoms with Crippen LogP contribution >= 0.6 is 0 Å². The largest absolute Gasteiger partial charge is 0.379 e. The fourth-order valence-corrected chi connectivity index (χ4v) is 3.66. The number of hydrogen-bond donors (Lipinski definition) is 2. The average Bonchev–Trinajstić information content (AvgIpc) is 3.30. The van der Waals surface area contributed by atoms with Gasteiger partial charge in [0.25, 0.3) is 0 Å². The van der Waals surface area contributed by atoms with E-state index in [0.717, 1.165) is 63.2 Å². The number of hydrogen-bond acceptors (Lipinski definition) is 5. The summed E-state index contributed by atoms with van der Waals surface area (Å²) < 4.78 is 7.29. The monoisotopic (exact) mass is 413 g/mol. The normalized spacial score (nSPS) is 16.6. The Morgan fingerprint density at radius 3 is 2.77 bits per heavy atom. The first-order valence-corrected chi connectivity index (χ1v) is 10.9. The van der Waals surface area contributed by atoms with Crippen LogP contribution in [0.15, 0.2) is 41.8 Å². The fraction of sp³-hybridized carbons (Fsp3) is 0.591. The van der Waals surface area contributed by atoms with Gasteiger partial charge in [-0.25, -0.2) is 14.7 Å².